The van der Waals surface area contributed by atoms with E-state index in [0.717, 1.165) is 0 Å². The Balaban J connectivity index is -0.000000263. The van der Waals surface area contributed by atoms with Crippen molar-refractivity contribution in [3.05, 3.63) is 0 Å². The Bertz CT molecular complexity index is 1190. The van der Waals surface area contributed by atoms with Gasteiger partial charge in [0.25, 0.3) is 0 Å². The molecule has 0 spiro atoms. The monoisotopic (exact) mass is 1100 g/mol. The van der Waals surface area contributed by atoms with Gasteiger partial charge < -0.3 is 92.7 Å². The van der Waals surface area contributed by atoms with Crippen LogP contribution in [0.1, 0.15) is 103 Å². The van der Waals surface area contributed by atoms with Crippen LogP contribution < -0.4 is 20.4 Å². The number of carboxylic acids is 4. The first-order chi connectivity index (χ1) is 32.0. The zero-order chi connectivity index (χ0) is 53.2. The number of carbonyl (C=O) groups excluding carboxylic acids is 8. The molecule has 24 nitrogen and oxygen atoms in total. The Morgan fingerprint density at radius 2 is 0.406 bits per heavy atom. The molecule has 0 aliphatic carbocycles. The van der Waals surface area contributed by atoms with E-state index in [9.17, 15) is 58.8 Å². The molecule has 0 aliphatic heterocycles. The molecule has 0 saturated carbocycles. The average Bonchev–Trinajstić information content (AvgIpc) is 3.30. The second-order valence-corrected chi connectivity index (χ2v) is 26.7. The molecule has 400 valence electrons. The maximum absolute atomic E-state index is 11.1. The smallest absolute Gasteiger partial charge is 0.550 e. The minimum Gasteiger partial charge on any atom is -0.550 e. The van der Waals surface area contributed by atoms with Gasteiger partial charge in [-0.05, 0) is 51.4 Å². The van der Waals surface area contributed by atoms with Crippen LogP contribution in [0.3, 0.4) is 0 Å². The van der Waals surface area contributed by atoms with Gasteiger partial charge in [-0.15, -0.1) is 0 Å². The van der Waals surface area contributed by atoms with Crippen LogP contribution in [0.2, 0.25) is 24.2 Å². The fraction of sp³-hybridized carbons (Fsp3) is 0.800. The Hall–Kier alpha value is -2.34. The molecule has 0 bridgehead atoms. The molecule has 0 aromatic rings. The Kier molecular flexibility index (Phi) is 49.9. The SMILES string of the molecule is CO[Si](CCCCC(=O)CC(=O)[O-])(OC)OC.CO[Si](CCCCC(=O)CC(=O)[O-])(OC)OC.CO[Si](CCCCC(=O)CC(=O)[O-])(OC)OC.CO[Si](CCCCC(=O)CC(=O)[O-])(OC)OC.[Ti+4]. The number of unbranched alkanes of at least 4 members (excludes halogenated alkanes) is 4. The van der Waals surface area contributed by atoms with E-state index in [1.165, 1.54) is 85.3 Å². The largest absolute Gasteiger partial charge is 4.00 e. The summed E-state index contributed by atoms with van der Waals surface area (Å²) in [5, 5.41) is 40.6. The van der Waals surface area contributed by atoms with Crippen LogP contribution in [0.5, 0.6) is 0 Å². The van der Waals surface area contributed by atoms with E-state index in [2.05, 4.69) is 0 Å². The third-order valence-electron chi connectivity index (χ3n) is 9.85. The molecule has 0 heterocycles. The van der Waals surface area contributed by atoms with Crippen molar-refractivity contribution in [2.45, 2.75) is 127 Å². The first-order valence-corrected chi connectivity index (χ1v) is 29.2. The number of Topliss-reactive ketones (excluding diaryl/α,β-unsaturated/α-hetero) is 4. The van der Waals surface area contributed by atoms with Crippen LogP contribution in [0.25, 0.3) is 0 Å². The third-order valence-corrected chi connectivity index (χ3v) is 21.2. The first kappa shape index (κ1) is 75.6. The predicted octanol–water partition coefficient (Wildman–Crippen LogP) is -1.03. The van der Waals surface area contributed by atoms with E-state index in [1.807, 2.05) is 0 Å². The van der Waals surface area contributed by atoms with Crippen LogP contribution in [-0.4, -0.2) is 168 Å². The summed E-state index contributed by atoms with van der Waals surface area (Å²) in [4.78, 5) is 85.0. The fourth-order valence-corrected chi connectivity index (χ4v) is 13.1. The summed E-state index contributed by atoms with van der Waals surface area (Å²) in [7, 11) is 8.09. The van der Waals surface area contributed by atoms with Gasteiger partial charge in [0, 0.05) is 185 Å². The fourth-order valence-electron chi connectivity index (χ4n) is 5.88. The van der Waals surface area contributed by atoms with E-state index < -0.39 is 84.8 Å². The van der Waals surface area contributed by atoms with Crippen LogP contribution in [-0.2, 0) is 113 Å². The maximum Gasteiger partial charge on any atom is 4.00 e. The van der Waals surface area contributed by atoms with Crippen LogP contribution in [0.4, 0.5) is 0 Å². The molecule has 29 heteroatoms. The molecule has 0 N–H and O–H groups in total. The summed E-state index contributed by atoms with van der Waals surface area (Å²) >= 11 is 0. The van der Waals surface area contributed by atoms with Crippen molar-refractivity contribution < 1.29 is 134 Å². The number of hydrogen-bond donors (Lipinski definition) is 0. The van der Waals surface area contributed by atoms with Crippen molar-refractivity contribution in [2.24, 2.45) is 0 Å². The minimum atomic E-state index is -2.56. The zero-order valence-electron chi connectivity index (χ0n) is 42.4. The second kappa shape index (κ2) is 45.5. The van der Waals surface area contributed by atoms with Crippen molar-refractivity contribution in [2.75, 3.05) is 85.3 Å². The molecule has 0 aromatic carbocycles. The number of ketones is 4. The van der Waals surface area contributed by atoms with E-state index in [4.69, 9.17) is 53.1 Å². The number of carboxylic acid groups (broad SMARTS) is 4. The summed E-state index contributed by atoms with van der Waals surface area (Å²) in [6.07, 6.45) is 4.03. The van der Waals surface area contributed by atoms with Crippen LogP contribution in [0.15, 0.2) is 0 Å². The molecule has 0 atom stereocenters. The summed E-state index contributed by atoms with van der Waals surface area (Å²) < 4.78 is 62.6. The standard InChI is InChI=1S/4C10H20O6Si.Ti/c4*1-14-17(15-2,16-3)7-5-4-6-9(11)8-10(12)13;/h4*4-8H2,1-3H3,(H,12,13);/q;;;;+4/p-4. The Labute approximate surface area is 426 Å². The van der Waals surface area contributed by atoms with Gasteiger partial charge in [0.1, 0.15) is 23.1 Å². The van der Waals surface area contributed by atoms with E-state index >= 15 is 0 Å². The molecule has 0 amide bonds. The number of aliphatic carboxylic acids is 4. The quantitative estimate of drug-likeness (QED) is 0.0402. The van der Waals surface area contributed by atoms with Gasteiger partial charge in [0.05, 0.1) is 0 Å². The van der Waals surface area contributed by atoms with E-state index in [0.29, 0.717) is 75.5 Å². The maximum atomic E-state index is 11.1. The third kappa shape index (κ3) is 39.9. The van der Waals surface area contributed by atoms with E-state index in [1.54, 1.807) is 0 Å². The first-order valence-electron chi connectivity index (χ1n) is 21.5. The normalized spacial score (nSPS) is 11.3. The summed E-state index contributed by atoms with van der Waals surface area (Å²) in [6, 6.07) is 2.43. The van der Waals surface area contributed by atoms with Gasteiger partial charge in [-0.3, -0.25) is 19.2 Å². The van der Waals surface area contributed by atoms with Crippen molar-refractivity contribution in [1.29, 1.82) is 0 Å². The zero-order valence-corrected chi connectivity index (χ0v) is 48.0. The van der Waals surface area contributed by atoms with Crippen molar-refractivity contribution in [3.63, 3.8) is 0 Å². The Morgan fingerprint density at radius 3 is 0.507 bits per heavy atom. The molecule has 0 radical (unpaired) electrons. The molecular formula is C40H76O24Si4Ti. The molecular weight excluding hydrogens is 1020 g/mol. The summed E-state index contributed by atoms with van der Waals surface area (Å²) in [5.74, 6) is -6.58. The molecule has 0 unspecified atom stereocenters. The molecule has 0 saturated heterocycles. The number of carbonyl (C=O) groups is 8. The van der Waals surface area contributed by atoms with Crippen molar-refractivity contribution in [3.8, 4) is 0 Å². The van der Waals surface area contributed by atoms with Gasteiger partial charge in [0.15, 0.2) is 0 Å². The Morgan fingerprint density at radius 1 is 0.275 bits per heavy atom. The van der Waals surface area contributed by atoms with E-state index in [-0.39, 0.29) is 70.5 Å². The average molecular weight is 1100 g/mol. The van der Waals surface area contributed by atoms with Crippen LogP contribution in [0, 0.1) is 0 Å². The van der Waals surface area contributed by atoms with Gasteiger partial charge >= 0.3 is 56.9 Å². The topological polar surface area (TPSA) is 340 Å². The second-order valence-electron chi connectivity index (χ2n) is 14.4. The summed E-state index contributed by atoms with van der Waals surface area (Å²) in [5.41, 5.74) is 0. The molecule has 69 heavy (non-hydrogen) atoms. The predicted molar refractivity (Wildman–Crippen MR) is 240 cm³/mol. The number of rotatable bonds is 40. The van der Waals surface area contributed by atoms with Gasteiger partial charge in [0.2, 0.25) is 0 Å². The number of hydrogen-bond acceptors (Lipinski definition) is 24. The minimum absolute atomic E-state index is 0. The van der Waals surface area contributed by atoms with Gasteiger partial charge in [-0.2, -0.15) is 0 Å². The summed E-state index contributed by atoms with van der Waals surface area (Å²) in [6.45, 7) is 0. The van der Waals surface area contributed by atoms with Crippen LogP contribution >= 0.6 is 0 Å². The molecule has 0 aliphatic rings. The molecule has 0 fully saturated rings. The van der Waals surface area contributed by atoms with Crippen molar-refractivity contribution in [1.82, 2.24) is 0 Å². The van der Waals surface area contributed by atoms with Crippen molar-refractivity contribution >= 4 is 82.2 Å². The molecule has 0 aromatic heterocycles. The molecule has 0 rings (SSSR count). The van der Waals surface area contributed by atoms with Gasteiger partial charge in [-0.1, -0.05) is 0 Å². The van der Waals surface area contributed by atoms with Gasteiger partial charge in [-0.25, -0.2) is 0 Å².